The smallest absolute Gasteiger partial charge is 0.257 e. The number of carbonyl (C=O) groups excluding carboxylic acids is 2. The lowest BCUT2D eigenvalue weighted by Crippen LogP contribution is -2.48. The van der Waals surface area contributed by atoms with Crippen LogP contribution in [0.15, 0.2) is 0 Å². The molecule has 0 atom stereocenters. The molecule has 1 aromatic heterocycles. The van der Waals surface area contributed by atoms with Crippen LogP contribution in [0.3, 0.4) is 0 Å². The quantitative estimate of drug-likeness (QED) is 0.630. The average Bonchev–Trinajstić information content (AvgIpc) is 2.70. The SMILES string of the molecule is CNC(=O)c1c(N)nsc1N1CCNC(=O)C1. The number of aromatic nitrogens is 1. The highest BCUT2D eigenvalue weighted by molar-refractivity contribution is 7.11. The van der Waals surface area contributed by atoms with Crippen molar-refractivity contribution in [1.82, 2.24) is 15.0 Å². The Labute approximate surface area is 102 Å². The van der Waals surface area contributed by atoms with Gasteiger partial charge in [-0.05, 0) is 11.5 Å². The fourth-order valence-electron chi connectivity index (χ4n) is 1.66. The minimum atomic E-state index is -0.280. The van der Waals surface area contributed by atoms with E-state index in [0.717, 1.165) is 11.5 Å². The molecule has 0 saturated carbocycles. The highest BCUT2D eigenvalue weighted by atomic mass is 32.1. The predicted molar refractivity (Wildman–Crippen MR) is 65.1 cm³/mol. The minimum absolute atomic E-state index is 0.0638. The summed E-state index contributed by atoms with van der Waals surface area (Å²) in [5, 5.41) is 5.89. The van der Waals surface area contributed by atoms with Crippen molar-refractivity contribution in [2.45, 2.75) is 0 Å². The number of nitrogens with one attached hydrogen (secondary N) is 2. The van der Waals surface area contributed by atoms with Crippen molar-refractivity contribution in [2.24, 2.45) is 0 Å². The van der Waals surface area contributed by atoms with Crippen LogP contribution in [0.25, 0.3) is 0 Å². The lowest BCUT2D eigenvalue weighted by Gasteiger charge is -2.27. The summed E-state index contributed by atoms with van der Waals surface area (Å²) in [4.78, 5) is 24.8. The molecule has 1 saturated heterocycles. The maximum absolute atomic E-state index is 11.7. The molecule has 92 valence electrons. The summed E-state index contributed by atoms with van der Waals surface area (Å²) in [7, 11) is 1.53. The summed E-state index contributed by atoms with van der Waals surface area (Å²) < 4.78 is 3.97. The van der Waals surface area contributed by atoms with E-state index in [2.05, 4.69) is 15.0 Å². The Hall–Kier alpha value is -1.83. The number of anilines is 2. The van der Waals surface area contributed by atoms with Gasteiger partial charge in [0, 0.05) is 20.1 Å². The Kier molecular flexibility index (Phi) is 3.14. The molecule has 17 heavy (non-hydrogen) atoms. The van der Waals surface area contributed by atoms with Crippen LogP contribution >= 0.6 is 11.5 Å². The second kappa shape index (κ2) is 4.58. The van der Waals surface area contributed by atoms with E-state index in [1.54, 1.807) is 0 Å². The fraction of sp³-hybridized carbons (Fsp3) is 0.444. The van der Waals surface area contributed by atoms with Gasteiger partial charge in [0.25, 0.3) is 5.91 Å². The molecular formula is C9H13N5O2S. The Morgan fingerprint density at radius 1 is 1.65 bits per heavy atom. The first-order chi connectivity index (χ1) is 8.13. The van der Waals surface area contributed by atoms with Crippen molar-refractivity contribution >= 4 is 34.2 Å². The predicted octanol–water partition coefficient (Wildman–Crippen LogP) is -0.979. The zero-order valence-corrected chi connectivity index (χ0v) is 10.1. The molecule has 1 aliphatic heterocycles. The number of carbonyl (C=O) groups is 2. The summed E-state index contributed by atoms with van der Waals surface area (Å²) in [5.74, 6) is -0.140. The van der Waals surface area contributed by atoms with E-state index in [9.17, 15) is 9.59 Å². The topological polar surface area (TPSA) is 100 Å². The van der Waals surface area contributed by atoms with Crippen molar-refractivity contribution in [3.05, 3.63) is 5.56 Å². The molecule has 1 aromatic rings. The fourth-order valence-corrected chi connectivity index (χ4v) is 2.50. The Morgan fingerprint density at radius 2 is 2.41 bits per heavy atom. The standard InChI is InChI=1S/C9H13N5O2S/c1-11-8(16)6-7(10)13-17-9(6)14-3-2-12-5(15)4-14/h2-4H2,1H3,(H2,10,13)(H,11,16)(H,12,15). The third-order valence-electron chi connectivity index (χ3n) is 2.48. The molecule has 4 N–H and O–H groups in total. The van der Waals surface area contributed by atoms with E-state index in [1.165, 1.54) is 7.05 Å². The van der Waals surface area contributed by atoms with E-state index in [-0.39, 0.29) is 24.2 Å². The summed E-state index contributed by atoms with van der Waals surface area (Å²) in [6.45, 7) is 1.44. The monoisotopic (exact) mass is 255 g/mol. The van der Waals surface area contributed by atoms with Crippen LogP contribution in [0.1, 0.15) is 10.4 Å². The average molecular weight is 255 g/mol. The molecule has 2 amide bonds. The highest BCUT2D eigenvalue weighted by Gasteiger charge is 2.25. The molecule has 0 aromatic carbocycles. The second-order valence-corrected chi connectivity index (χ2v) is 4.35. The molecule has 0 radical (unpaired) electrons. The largest absolute Gasteiger partial charge is 0.382 e. The second-order valence-electron chi connectivity index (χ2n) is 3.60. The first kappa shape index (κ1) is 11.6. The van der Waals surface area contributed by atoms with Gasteiger partial charge in [-0.25, -0.2) is 0 Å². The van der Waals surface area contributed by atoms with E-state index < -0.39 is 0 Å². The third kappa shape index (κ3) is 2.16. The number of nitrogen functional groups attached to an aromatic ring is 1. The van der Waals surface area contributed by atoms with Gasteiger partial charge in [0.05, 0.1) is 6.54 Å². The van der Waals surface area contributed by atoms with Gasteiger partial charge in [-0.3, -0.25) is 9.59 Å². The minimum Gasteiger partial charge on any atom is -0.382 e. The molecule has 1 fully saturated rings. The van der Waals surface area contributed by atoms with Crippen molar-refractivity contribution in [3.8, 4) is 0 Å². The van der Waals surface area contributed by atoms with Crippen LogP contribution in [0.4, 0.5) is 10.8 Å². The lowest BCUT2D eigenvalue weighted by molar-refractivity contribution is -0.120. The molecule has 0 spiro atoms. The van der Waals surface area contributed by atoms with Gasteiger partial charge < -0.3 is 21.3 Å². The number of nitrogens with zero attached hydrogens (tertiary/aromatic N) is 2. The van der Waals surface area contributed by atoms with Gasteiger partial charge in [-0.2, -0.15) is 4.37 Å². The summed E-state index contributed by atoms with van der Waals surface area (Å²) in [6.07, 6.45) is 0. The van der Waals surface area contributed by atoms with Gasteiger partial charge in [0.15, 0.2) is 5.82 Å². The van der Waals surface area contributed by atoms with Crippen LogP contribution in [-0.4, -0.2) is 42.9 Å². The van der Waals surface area contributed by atoms with E-state index in [0.29, 0.717) is 23.7 Å². The molecule has 0 unspecified atom stereocenters. The molecule has 2 rings (SSSR count). The maximum Gasteiger partial charge on any atom is 0.257 e. The summed E-state index contributed by atoms with van der Waals surface area (Å²) >= 11 is 1.14. The van der Waals surface area contributed by atoms with Gasteiger partial charge >= 0.3 is 0 Å². The first-order valence-electron chi connectivity index (χ1n) is 5.12. The normalized spacial score (nSPS) is 15.6. The molecule has 2 heterocycles. The molecule has 8 heteroatoms. The molecule has 0 aliphatic carbocycles. The van der Waals surface area contributed by atoms with Crippen LogP contribution in [0, 0.1) is 0 Å². The van der Waals surface area contributed by atoms with Gasteiger partial charge in [-0.1, -0.05) is 0 Å². The molecular weight excluding hydrogens is 242 g/mol. The molecule has 0 bridgehead atoms. The Bertz CT molecular complexity index is 458. The van der Waals surface area contributed by atoms with E-state index in [1.807, 2.05) is 4.90 Å². The zero-order valence-electron chi connectivity index (χ0n) is 9.32. The van der Waals surface area contributed by atoms with Crippen molar-refractivity contribution in [3.63, 3.8) is 0 Å². The van der Waals surface area contributed by atoms with Crippen LogP contribution < -0.4 is 21.3 Å². The first-order valence-corrected chi connectivity index (χ1v) is 5.89. The van der Waals surface area contributed by atoms with Gasteiger partial charge in [0.1, 0.15) is 10.6 Å². The van der Waals surface area contributed by atoms with Crippen molar-refractivity contribution in [2.75, 3.05) is 37.3 Å². The highest BCUT2D eigenvalue weighted by Crippen LogP contribution is 2.30. The third-order valence-corrected chi connectivity index (χ3v) is 3.40. The van der Waals surface area contributed by atoms with E-state index >= 15 is 0 Å². The van der Waals surface area contributed by atoms with Gasteiger partial charge in [-0.15, -0.1) is 0 Å². The molecule has 7 nitrogen and oxygen atoms in total. The number of amides is 2. The number of rotatable bonds is 2. The lowest BCUT2D eigenvalue weighted by atomic mass is 10.2. The van der Waals surface area contributed by atoms with Crippen LogP contribution in [0.2, 0.25) is 0 Å². The summed E-state index contributed by atoms with van der Waals surface area (Å²) in [6, 6.07) is 0. The van der Waals surface area contributed by atoms with E-state index in [4.69, 9.17) is 5.73 Å². The number of nitrogens with two attached hydrogens (primary N) is 1. The van der Waals surface area contributed by atoms with Crippen LogP contribution in [-0.2, 0) is 4.79 Å². The molecule has 1 aliphatic rings. The Morgan fingerprint density at radius 3 is 3.06 bits per heavy atom. The number of hydrogen-bond donors (Lipinski definition) is 3. The number of piperazine rings is 1. The zero-order chi connectivity index (χ0) is 12.4. The van der Waals surface area contributed by atoms with Crippen molar-refractivity contribution in [1.29, 1.82) is 0 Å². The van der Waals surface area contributed by atoms with Gasteiger partial charge in [0.2, 0.25) is 5.91 Å². The van der Waals surface area contributed by atoms with Crippen LogP contribution in [0.5, 0.6) is 0 Å². The maximum atomic E-state index is 11.7. The summed E-state index contributed by atoms with van der Waals surface area (Å²) in [5.41, 5.74) is 6.02. The number of hydrogen-bond acceptors (Lipinski definition) is 6. The Balaban J connectivity index is 2.31. The van der Waals surface area contributed by atoms with Crippen molar-refractivity contribution < 1.29 is 9.59 Å².